The Kier molecular flexibility index (Phi) is 5.42. The lowest BCUT2D eigenvalue weighted by Gasteiger charge is -2.26. The van der Waals surface area contributed by atoms with Gasteiger partial charge in [-0.05, 0) is 52.1 Å². The molecule has 0 radical (unpaired) electrons. The van der Waals surface area contributed by atoms with Crippen LogP contribution in [0.5, 0.6) is 0 Å². The van der Waals surface area contributed by atoms with Gasteiger partial charge in [0.2, 0.25) is 5.91 Å². The van der Waals surface area contributed by atoms with Crippen molar-refractivity contribution in [1.29, 1.82) is 0 Å². The summed E-state index contributed by atoms with van der Waals surface area (Å²) in [5.74, 6) is -0.192. The number of halogens is 1. The molecule has 4 rings (SSSR count). The fourth-order valence-electron chi connectivity index (χ4n) is 3.75. The fourth-order valence-corrected chi connectivity index (χ4v) is 3.91. The van der Waals surface area contributed by atoms with E-state index in [1.807, 2.05) is 72.8 Å². The van der Waals surface area contributed by atoms with Crippen LogP contribution < -0.4 is 10.2 Å². The number of amides is 2. The summed E-state index contributed by atoms with van der Waals surface area (Å²) < 4.78 is 0. The Hall–Kier alpha value is -3.37. The van der Waals surface area contributed by atoms with Gasteiger partial charge in [0.25, 0.3) is 5.91 Å². The summed E-state index contributed by atoms with van der Waals surface area (Å²) in [5, 5.41) is 3.28. The summed E-state index contributed by atoms with van der Waals surface area (Å²) in [5.41, 5.74) is 6.14. The Morgan fingerprint density at radius 3 is 2.47 bits per heavy atom. The molecule has 1 aliphatic rings. The van der Waals surface area contributed by atoms with Crippen LogP contribution in [-0.4, -0.2) is 18.9 Å². The molecule has 0 spiro atoms. The van der Waals surface area contributed by atoms with Gasteiger partial charge in [-0.3, -0.25) is 9.59 Å². The molecule has 4 nitrogen and oxygen atoms in total. The highest BCUT2D eigenvalue weighted by atomic mass is 35.5. The minimum absolute atomic E-state index is 0.0593. The molecule has 0 atom stereocenters. The van der Waals surface area contributed by atoms with Gasteiger partial charge in [-0.2, -0.15) is 0 Å². The van der Waals surface area contributed by atoms with E-state index in [1.54, 1.807) is 18.9 Å². The van der Waals surface area contributed by atoms with E-state index in [2.05, 4.69) is 5.32 Å². The molecular formula is C25H21ClN2O2. The number of carbonyl (C=O) groups excluding carboxylic acids is 2. The highest BCUT2D eigenvalue weighted by Gasteiger charge is 2.20. The third-order valence-electron chi connectivity index (χ3n) is 5.29. The molecule has 0 fully saturated rings. The van der Waals surface area contributed by atoms with Crippen molar-refractivity contribution in [3.05, 3.63) is 87.9 Å². The van der Waals surface area contributed by atoms with Crippen LogP contribution in [0.25, 0.3) is 23.3 Å². The number of hydrogen-bond donors (Lipinski definition) is 1. The van der Waals surface area contributed by atoms with E-state index in [0.717, 1.165) is 33.5 Å². The normalized spacial score (nSPS) is 13.5. The molecular weight excluding hydrogens is 396 g/mol. The van der Waals surface area contributed by atoms with E-state index in [0.29, 0.717) is 17.1 Å². The predicted molar refractivity (Wildman–Crippen MR) is 123 cm³/mol. The Morgan fingerprint density at radius 2 is 1.70 bits per heavy atom. The van der Waals surface area contributed by atoms with Crippen LogP contribution in [0, 0.1) is 0 Å². The second kappa shape index (κ2) is 8.17. The molecule has 3 aromatic rings. The van der Waals surface area contributed by atoms with Crippen molar-refractivity contribution in [2.24, 2.45) is 0 Å². The smallest absolute Gasteiger partial charge is 0.251 e. The molecule has 1 aliphatic heterocycles. The quantitative estimate of drug-likeness (QED) is 0.607. The number of benzene rings is 3. The number of fused-ring (bicyclic) bond motifs is 2. The minimum atomic E-state index is -0.133. The molecule has 2 amide bonds. The molecule has 0 saturated heterocycles. The lowest BCUT2D eigenvalue weighted by molar-refractivity contribution is -0.116. The molecule has 0 bridgehead atoms. The van der Waals surface area contributed by atoms with Gasteiger partial charge < -0.3 is 10.2 Å². The summed E-state index contributed by atoms with van der Waals surface area (Å²) >= 11 is 6.21. The maximum atomic E-state index is 12.5. The molecule has 30 heavy (non-hydrogen) atoms. The number of carbonyl (C=O) groups is 2. The average Bonchev–Trinajstić information content (AvgIpc) is 2.74. The van der Waals surface area contributed by atoms with Crippen LogP contribution in [0.15, 0.2) is 60.7 Å². The fraction of sp³-hybridized carbons (Fsp3) is 0.120. The van der Waals surface area contributed by atoms with E-state index in [4.69, 9.17) is 11.6 Å². The Labute approximate surface area is 180 Å². The van der Waals surface area contributed by atoms with Crippen LogP contribution in [0.2, 0.25) is 5.02 Å². The van der Waals surface area contributed by atoms with Crippen molar-refractivity contribution >= 4 is 41.3 Å². The first-order chi connectivity index (χ1) is 14.5. The molecule has 0 aliphatic carbocycles. The maximum Gasteiger partial charge on any atom is 0.251 e. The number of nitrogens with one attached hydrogen (secondary N) is 1. The zero-order chi connectivity index (χ0) is 21.3. The zero-order valence-electron chi connectivity index (χ0n) is 16.8. The summed E-state index contributed by atoms with van der Waals surface area (Å²) in [6.07, 6.45) is 4.05. The van der Waals surface area contributed by atoms with Gasteiger partial charge >= 0.3 is 0 Å². The Balaban J connectivity index is 1.84. The maximum absolute atomic E-state index is 12.5. The summed E-state index contributed by atoms with van der Waals surface area (Å²) in [6, 6.07) is 19.2. The van der Waals surface area contributed by atoms with Crippen LogP contribution in [0.3, 0.4) is 0 Å². The number of hydrogen-bond acceptors (Lipinski definition) is 2. The standard InChI is InChI=1S/C25H21ClN2O2/c1-16(29)28-15-20-13-19(22-5-3-4-6-23(22)25(30)27-2)10-8-17(20)7-9-18-11-12-21(26)14-24(18)28/h3-14H,15H2,1-2H3,(H,27,30)/b9-7-. The van der Waals surface area contributed by atoms with Crippen LogP contribution >= 0.6 is 11.6 Å². The number of nitrogens with zero attached hydrogens (tertiary/aromatic N) is 1. The van der Waals surface area contributed by atoms with Crippen molar-refractivity contribution in [3.63, 3.8) is 0 Å². The van der Waals surface area contributed by atoms with Crippen LogP contribution in [-0.2, 0) is 11.3 Å². The first kappa shape index (κ1) is 19.9. The molecule has 3 aromatic carbocycles. The zero-order valence-corrected chi connectivity index (χ0v) is 17.5. The molecule has 0 aromatic heterocycles. The summed E-state index contributed by atoms with van der Waals surface area (Å²) in [4.78, 5) is 26.5. The van der Waals surface area contributed by atoms with Gasteiger partial charge in [-0.15, -0.1) is 0 Å². The lowest BCUT2D eigenvalue weighted by Crippen LogP contribution is -2.29. The van der Waals surface area contributed by atoms with Crippen molar-refractivity contribution in [3.8, 4) is 11.1 Å². The Morgan fingerprint density at radius 1 is 0.967 bits per heavy atom. The summed E-state index contributed by atoms with van der Waals surface area (Å²) in [6.45, 7) is 1.97. The van der Waals surface area contributed by atoms with Crippen molar-refractivity contribution in [2.45, 2.75) is 13.5 Å². The Bertz CT molecular complexity index is 1180. The van der Waals surface area contributed by atoms with E-state index >= 15 is 0 Å². The number of rotatable bonds is 2. The van der Waals surface area contributed by atoms with Crippen LogP contribution in [0.4, 0.5) is 5.69 Å². The molecule has 150 valence electrons. The van der Waals surface area contributed by atoms with Gasteiger partial charge in [0, 0.05) is 24.6 Å². The van der Waals surface area contributed by atoms with E-state index in [1.165, 1.54) is 0 Å². The lowest BCUT2D eigenvalue weighted by atomic mass is 9.93. The largest absolute Gasteiger partial charge is 0.355 e. The first-order valence-corrected chi connectivity index (χ1v) is 10.1. The highest BCUT2D eigenvalue weighted by molar-refractivity contribution is 6.31. The van der Waals surface area contributed by atoms with Crippen molar-refractivity contribution in [1.82, 2.24) is 5.32 Å². The van der Waals surface area contributed by atoms with Gasteiger partial charge in [0.05, 0.1) is 12.2 Å². The topological polar surface area (TPSA) is 49.4 Å². The van der Waals surface area contributed by atoms with Gasteiger partial charge in [-0.1, -0.05) is 60.2 Å². The average molecular weight is 417 g/mol. The number of anilines is 1. The van der Waals surface area contributed by atoms with Gasteiger partial charge in [-0.25, -0.2) is 0 Å². The molecule has 0 unspecified atom stereocenters. The molecule has 5 heteroatoms. The second-order valence-electron chi connectivity index (χ2n) is 7.18. The monoisotopic (exact) mass is 416 g/mol. The van der Waals surface area contributed by atoms with E-state index < -0.39 is 0 Å². The highest BCUT2D eigenvalue weighted by Crippen LogP contribution is 2.33. The van der Waals surface area contributed by atoms with E-state index in [-0.39, 0.29) is 11.8 Å². The molecule has 1 heterocycles. The van der Waals surface area contributed by atoms with Crippen molar-refractivity contribution in [2.75, 3.05) is 11.9 Å². The third kappa shape index (κ3) is 3.74. The molecule has 0 saturated carbocycles. The van der Waals surface area contributed by atoms with Gasteiger partial charge in [0.15, 0.2) is 0 Å². The predicted octanol–water partition coefficient (Wildman–Crippen LogP) is 5.40. The minimum Gasteiger partial charge on any atom is -0.355 e. The third-order valence-corrected chi connectivity index (χ3v) is 5.52. The summed E-state index contributed by atoms with van der Waals surface area (Å²) in [7, 11) is 1.62. The SMILES string of the molecule is CNC(=O)c1ccccc1-c1ccc2c(c1)CN(C(C)=O)c1cc(Cl)ccc1/C=C\2. The first-order valence-electron chi connectivity index (χ1n) is 9.68. The van der Waals surface area contributed by atoms with Crippen LogP contribution in [0.1, 0.15) is 34.0 Å². The second-order valence-corrected chi connectivity index (χ2v) is 7.62. The van der Waals surface area contributed by atoms with Crippen molar-refractivity contribution < 1.29 is 9.59 Å². The van der Waals surface area contributed by atoms with Gasteiger partial charge in [0.1, 0.15) is 0 Å². The van der Waals surface area contributed by atoms with E-state index in [9.17, 15) is 9.59 Å². The molecule has 1 N–H and O–H groups in total.